The lowest BCUT2D eigenvalue weighted by molar-refractivity contribution is 0.440. The van der Waals surface area contributed by atoms with E-state index in [2.05, 4.69) is 46.0 Å². The summed E-state index contributed by atoms with van der Waals surface area (Å²) in [5.41, 5.74) is 2.50. The third kappa shape index (κ3) is 2.54. The molecule has 116 valence electrons. The maximum Gasteiger partial charge on any atom is 0.197 e. The first-order valence-electron chi connectivity index (χ1n) is 7.46. The van der Waals surface area contributed by atoms with Crippen LogP contribution in [0.3, 0.4) is 0 Å². The van der Waals surface area contributed by atoms with E-state index in [1.165, 1.54) is 0 Å². The molecule has 0 atom stereocenters. The summed E-state index contributed by atoms with van der Waals surface area (Å²) in [6.45, 7) is 9.49. The van der Waals surface area contributed by atoms with Crippen molar-refractivity contribution in [3.8, 4) is 0 Å². The minimum absolute atomic E-state index is 0.276. The fourth-order valence-corrected chi connectivity index (χ4v) is 2.27. The molecule has 3 aromatic heterocycles. The zero-order valence-electron chi connectivity index (χ0n) is 13.3. The van der Waals surface area contributed by atoms with Crippen molar-refractivity contribution in [2.45, 2.75) is 46.7 Å². The van der Waals surface area contributed by atoms with Crippen LogP contribution in [0.5, 0.6) is 0 Å². The molecule has 0 aromatic carbocycles. The Hall–Kier alpha value is -2.44. The molecule has 7 nitrogen and oxygen atoms in total. The Morgan fingerprint density at radius 3 is 2.77 bits per heavy atom. The summed E-state index contributed by atoms with van der Waals surface area (Å²) in [7, 11) is 0. The highest BCUT2D eigenvalue weighted by Gasteiger charge is 2.14. The summed E-state index contributed by atoms with van der Waals surface area (Å²) in [6.07, 6.45) is 3.33. The Bertz CT molecular complexity index is 789. The van der Waals surface area contributed by atoms with Crippen LogP contribution in [0.15, 0.2) is 17.1 Å². The van der Waals surface area contributed by atoms with Crippen LogP contribution in [0.25, 0.3) is 11.2 Å². The SMILES string of the molecule is CCn1cnc2c(NCc3oc(C(C)C)nc3C)ncnc21. The average molecular weight is 300 g/mol. The van der Waals surface area contributed by atoms with Crippen LogP contribution in [0.1, 0.15) is 44.0 Å². The summed E-state index contributed by atoms with van der Waals surface area (Å²) in [5.74, 6) is 2.57. The van der Waals surface area contributed by atoms with Crippen molar-refractivity contribution in [2.24, 2.45) is 0 Å². The van der Waals surface area contributed by atoms with Crippen LogP contribution in [0, 0.1) is 6.92 Å². The number of oxazole rings is 1. The smallest absolute Gasteiger partial charge is 0.197 e. The molecule has 22 heavy (non-hydrogen) atoms. The van der Waals surface area contributed by atoms with Crippen molar-refractivity contribution in [1.82, 2.24) is 24.5 Å². The van der Waals surface area contributed by atoms with Gasteiger partial charge in [-0.15, -0.1) is 0 Å². The number of nitrogens with zero attached hydrogens (tertiary/aromatic N) is 5. The molecule has 1 N–H and O–H groups in total. The van der Waals surface area contributed by atoms with E-state index in [4.69, 9.17) is 4.42 Å². The van der Waals surface area contributed by atoms with Gasteiger partial charge in [0.1, 0.15) is 17.6 Å². The van der Waals surface area contributed by atoms with Gasteiger partial charge in [0.2, 0.25) is 0 Å². The third-order valence-electron chi connectivity index (χ3n) is 3.56. The molecule has 0 bridgehead atoms. The molecule has 3 aromatic rings. The number of aryl methyl sites for hydroxylation is 2. The fraction of sp³-hybridized carbons (Fsp3) is 0.467. The molecule has 7 heteroatoms. The molecular formula is C15H20N6O. The van der Waals surface area contributed by atoms with Crippen LogP contribution in [-0.2, 0) is 13.1 Å². The van der Waals surface area contributed by atoms with E-state index in [-0.39, 0.29) is 5.92 Å². The van der Waals surface area contributed by atoms with Gasteiger partial charge in [-0.1, -0.05) is 13.8 Å². The molecule has 3 rings (SSSR count). The van der Waals surface area contributed by atoms with Gasteiger partial charge in [-0.3, -0.25) is 0 Å². The Balaban J connectivity index is 1.84. The highest BCUT2D eigenvalue weighted by molar-refractivity contribution is 5.82. The number of nitrogens with one attached hydrogen (secondary N) is 1. The Kier molecular flexibility index (Phi) is 3.79. The van der Waals surface area contributed by atoms with Gasteiger partial charge in [-0.25, -0.2) is 19.9 Å². The molecule has 0 saturated carbocycles. The third-order valence-corrected chi connectivity index (χ3v) is 3.56. The van der Waals surface area contributed by atoms with E-state index in [0.29, 0.717) is 12.4 Å². The first-order valence-corrected chi connectivity index (χ1v) is 7.46. The van der Waals surface area contributed by atoms with E-state index in [0.717, 1.165) is 35.1 Å². The number of hydrogen-bond donors (Lipinski definition) is 1. The van der Waals surface area contributed by atoms with Crippen LogP contribution in [-0.4, -0.2) is 24.5 Å². The number of anilines is 1. The molecule has 3 heterocycles. The summed E-state index contributed by atoms with van der Waals surface area (Å²) in [6, 6.07) is 0. The highest BCUT2D eigenvalue weighted by Crippen LogP contribution is 2.21. The predicted molar refractivity (Wildman–Crippen MR) is 83.7 cm³/mol. The first-order chi connectivity index (χ1) is 10.6. The minimum Gasteiger partial charge on any atom is -0.443 e. The van der Waals surface area contributed by atoms with Crippen LogP contribution in [0.4, 0.5) is 5.82 Å². The normalized spacial score (nSPS) is 11.5. The van der Waals surface area contributed by atoms with Crippen molar-refractivity contribution in [3.05, 3.63) is 30.0 Å². The molecular weight excluding hydrogens is 280 g/mol. The standard InChI is InChI=1S/C15H20N6O/c1-5-21-8-19-12-13(17-7-18-14(12)21)16-6-11-10(4)20-15(22-11)9(2)3/h7-9H,5-6H2,1-4H3,(H,16,17,18). The maximum absolute atomic E-state index is 5.79. The zero-order valence-corrected chi connectivity index (χ0v) is 13.3. The molecule has 0 amide bonds. The summed E-state index contributed by atoms with van der Waals surface area (Å²) >= 11 is 0. The lowest BCUT2D eigenvalue weighted by atomic mass is 10.2. The Morgan fingerprint density at radius 2 is 2.09 bits per heavy atom. The summed E-state index contributed by atoms with van der Waals surface area (Å²) in [5, 5.41) is 3.27. The molecule has 0 aliphatic carbocycles. The molecule has 0 aliphatic heterocycles. The van der Waals surface area contributed by atoms with Crippen molar-refractivity contribution >= 4 is 17.0 Å². The number of rotatable bonds is 5. The van der Waals surface area contributed by atoms with Crippen molar-refractivity contribution in [2.75, 3.05) is 5.32 Å². The molecule has 0 radical (unpaired) electrons. The largest absolute Gasteiger partial charge is 0.443 e. The molecule has 0 fully saturated rings. The molecule has 0 saturated heterocycles. The van der Waals surface area contributed by atoms with E-state index >= 15 is 0 Å². The van der Waals surface area contributed by atoms with Gasteiger partial charge >= 0.3 is 0 Å². The van der Waals surface area contributed by atoms with Gasteiger partial charge in [-0.05, 0) is 13.8 Å². The Morgan fingerprint density at radius 1 is 1.27 bits per heavy atom. The fourth-order valence-electron chi connectivity index (χ4n) is 2.27. The van der Waals surface area contributed by atoms with Gasteiger partial charge in [0.15, 0.2) is 17.4 Å². The first kappa shape index (κ1) is 14.5. The number of fused-ring (bicyclic) bond motifs is 1. The lowest BCUT2D eigenvalue weighted by Gasteiger charge is -2.05. The molecule has 0 unspecified atom stereocenters. The number of imidazole rings is 1. The van der Waals surface area contributed by atoms with E-state index < -0.39 is 0 Å². The van der Waals surface area contributed by atoms with Crippen molar-refractivity contribution in [1.29, 1.82) is 0 Å². The quantitative estimate of drug-likeness (QED) is 0.780. The summed E-state index contributed by atoms with van der Waals surface area (Å²) < 4.78 is 7.78. The van der Waals surface area contributed by atoms with Crippen molar-refractivity contribution in [3.63, 3.8) is 0 Å². The van der Waals surface area contributed by atoms with Gasteiger partial charge in [0, 0.05) is 12.5 Å². The van der Waals surface area contributed by atoms with E-state index in [1.54, 1.807) is 12.7 Å². The lowest BCUT2D eigenvalue weighted by Crippen LogP contribution is -2.03. The number of hydrogen-bond acceptors (Lipinski definition) is 6. The highest BCUT2D eigenvalue weighted by atomic mass is 16.4. The van der Waals surface area contributed by atoms with E-state index in [1.807, 2.05) is 11.5 Å². The predicted octanol–water partition coefficient (Wildman–Crippen LogP) is 2.88. The van der Waals surface area contributed by atoms with E-state index in [9.17, 15) is 0 Å². The minimum atomic E-state index is 0.276. The second kappa shape index (κ2) is 5.75. The molecule has 0 aliphatic rings. The van der Waals surface area contributed by atoms with Gasteiger partial charge in [-0.2, -0.15) is 0 Å². The van der Waals surface area contributed by atoms with Gasteiger partial charge in [0.25, 0.3) is 0 Å². The average Bonchev–Trinajstić information content (AvgIpc) is 3.08. The second-order valence-electron chi connectivity index (χ2n) is 5.49. The second-order valence-corrected chi connectivity index (χ2v) is 5.49. The topological polar surface area (TPSA) is 81.7 Å². The maximum atomic E-state index is 5.79. The summed E-state index contributed by atoms with van der Waals surface area (Å²) in [4.78, 5) is 17.4. The van der Waals surface area contributed by atoms with Crippen LogP contribution in [0.2, 0.25) is 0 Å². The van der Waals surface area contributed by atoms with Crippen LogP contribution >= 0.6 is 0 Å². The van der Waals surface area contributed by atoms with Gasteiger partial charge in [0.05, 0.1) is 18.6 Å². The molecule has 0 spiro atoms. The monoisotopic (exact) mass is 300 g/mol. The Labute approximate surface area is 128 Å². The van der Waals surface area contributed by atoms with Crippen molar-refractivity contribution < 1.29 is 4.42 Å². The van der Waals surface area contributed by atoms with Gasteiger partial charge < -0.3 is 14.3 Å². The number of aromatic nitrogens is 5. The van der Waals surface area contributed by atoms with Crippen LogP contribution < -0.4 is 5.32 Å². The zero-order chi connectivity index (χ0) is 15.7.